The predicted octanol–water partition coefficient (Wildman–Crippen LogP) is 2.77. The Labute approximate surface area is 182 Å². The van der Waals surface area contributed by atoms with Crippen molar-refractivity contribution in [3.63, 3.8) is 0 Å². The van der Waals surface area contributed by atoms with Gasteiger partial charge in [-0.25, -0.2) is 13.9 Å². The van der Waals surface area contributed by atoms with Crippen LogP contribution < -0.4 is 21.2 Å². The average Bonchev–Trinajstić information content (AvgIpc) is 3.09. The van der Waals surface area contributed by atoms with Crippen molar-refractivity contribution in [1.82, 2.24) is 20.2 Å². The number of halogens is 1. The standard InChI is InChI=1S/C20H21FN6O3S/c1-12-6-5-8-15(13(12)2)23-19(29)24-18(28)11-31-20-26-25-17(27(20)22)10-30-16-9-4-3-7-14(16)21/h3-9H,10-11,22H2,1-2H3,(H2,23,24,28,29). The number of nitrogen functional groups attached to an aromatic ring is 1. The highest BCUT2D eigenvalue weighted by molar-refractivity contribution is 7.99. The van der Waals surface area contributed by atoms with Gasteiger partial charge in [0.1, 0.15) is 6.61 Å². The summed E-state index contributed by atoms with van der Waals surface area (Å²) < 4.78 is 20.1. The Bertz CT molecular complexity index is 1100. The highest BCUT2D eigenvalue weighted by atomic mass is 32.2. The number of aromatic nitrogens is 3. The number of nitrogens with zero attached hydrogens (tertiary/aromatic N) is 3. The van der Waals surface area contributed by atoms with Crippen molar-refractivity contribution in [3.05, 3.63) is 65.2 Å². The summed E-state index contributed by atoms with van der Waals surface area (Å²) in [5.41, 5.74) is 2.57. The lowest BCUT2D eigenvalue weighted by Crippen LogP contribution is -2.35. The van der Waals surface area contributed by atoms with Gasteiger partial charge in [-0.1, -0.05) is 36.0 Å². The summed E-state index contributed by atoms with van der Waals surface area (Å²) in [7, 11) is 0. The monoisotopic (exact) mass is 444 g/mol. The number of carbonyl (C=O) groups is 2. The molecule has 0 atom stereocenters. The molecule has 1 aromatic heterocycles. The van der Waals surface area contributed by atoms with Gasteiger partial charge >= 0.3 is 6.03 Å². The van der Waals surface area contributed by atoms with E-state index in [1.165, 1.54) is 12.1 Å². The fraction of sp³-hybridized carbons (Fsp3) is 0.200. The number of para-hydroxylation sites is 1. The first-order valence-corrected chi connectivity index (χ1v) is 10.2. The van der Waals surface area contributed by atoms with Gasteiger partial charge in [-0.05, 0) is 43.2 Å². The molecule has 3 amide bonds. The lowest BCUT2D eigenvalue weighted by molar-refractivity contribution is -0.117. The minimum atomic E-state index is -0.632. The number of imide groups is 1. The third-order valence-electron chi connectivity index (χ3n) is 4.37. The second-order valence-electron chi connectivity index (χ2n) is 6.53. The van der Waals surface area contributed by atoms with Crippen LogP contribution in [0.4, 0.5) is 14.9 Å². The van der Waals surface area contributed by atoms with Crippen LogP contribution >= 0.6 is 11.8 Å². The largest absolute Gasteiger partial charge is 0.482 e. The number of nitrogens with one attached hydrogen (secondary N) is 2. The Kier molecular flexibility index (Phi) is 7.08. The van der Waals surface area contributed by atoms with Gasteiger partial charge in [0.25, 0.3) is 0 Å². The number of anilines is 1. The fourth-order valence-electron chi connectivity index (χ4n) is 2.54. The van der Waals surface area contributed by atoms with E-state index >= 15 is 0 Å². The zero-order valence-electron chi connectivity index (χ0n) is 16.9. The number of rotatable bonds is 7. The molecule has 11 heteroatoms. The molecule has 4 N–H and O–H groups in total. The van der Waals surface area contributed by atoms with E-state index in [4.69, 9.17) is 10.6 Å². The van der Waals surface area contributed by atoms with Gasteiger partial charge in [-0.3, -0.25) is 10.1 Å². The molecule has 0 aliphatic rings. The Morgan fingerprint density at radius 3 is 2.71 bits per heavy atom. The summed E-state index contributed by atoms with van der Waals surface area (Å²) in [6.45, 7) is 3.71. The number of carbonyl (C=O) groups excluding carboxylic acids is 2. The van der Waals surface area contributed by atoms with E-state index in [0.717, 1.165) is 27.6 Å². The normalized spacial score (nSPS) is 10.5. The van der Waals surface area contributed by atoms with Gasteiger partial charge in [-0.2, -0.15) is 0 Å². The number of hydrogen-bond acceptors (Lipinski definition) is 7. The summed E-state index contributed by atoms with van der Waals surface area (Å²) in [6.07, 6.45) is 0. The van der Waals surface area contributed by atoms with E-state index in [2.05, 4.69) is 20.8 Å². The molecule has 2 aromatic carbocycles. The van der Waals surface area contributed by atoms with Gasteiger partial charge in [-0.15, -0.1) is 10.2 Å². The molecule has 9 nitrogen and oxygen atoms in total. The van der Waals surface area contributed by atoms with Crippen molar-refractivity contribution in [2.24, 2.45) is 0 Å². The first-order chi connectivity index (χ1) is 14.8. The van der Waals surface area contributed by atoms with Crippen molar-refractivity contribution in [1.29, 1.82) is 0 Å². The van der Waals surface area contributed by atoms with Crippen LogP contribution in [0.2, 0.25) is 0 Å². The Morgan fingerprint density at radius 1 is 1.16 bits per heavy atom. The number of thioether (sulfide) groups is 1. The molecule has 0 bridgehead atoms. The van der Waals surface area contributed by atoms with E-state index in [1.54, 1.807) is 18.2 Å². The molecular formula is C20H21FN6O3S. The van der Waals surface area contributed by atoms with Crippen molar-refractivity contribution in [3.8, 4) is 5.75 Å². The second kappa shape index (κ2) is 9.94. The van der Waals surface area contributed by atoms with Crippen LogP contribution in [0.3, 0.4) is 0 Å². The van der Waals surface area contributed by atoms with Gasteiger partial charge in [0.15, 0.2) is 17.4 Å². The number of nitrogens with two attached hydrogens (primary N) is 1. The van der Waals surface area contributed by atoms with Crippen LogP contribution in [0.1, 0.15) is 17.0 Å². The number of ether oxygens (including phenoxy) is 1. The Morgan fingerprint density at radius 2 is 1.94 bits per heavy atom. The van der Waals surface area contributed by atoms with Crippen LogP contribution in [-0.4, -0.2) is 32.6 Å². The van der Waals surface area contributed by atoms with Gasteiger partial charge < -0.3 is 15.9 Å². The van der Waals surface area contributed by atoms with E-state index in [0.29, 0.717) is 5.69 Å². The summed E-state index contributed by atoms with van der Waals surface area (Å²) >= 11 is 0.997. The number of hydrogen-bond donors (Lipinski definition) is 3. The molecule has 0 fully saturated rings. The van der Waals surface area contributed by atoms with Crippen LogP contribution in [0.15, 0.2) is 47.6 Å². The maximum Gasteiger partial charge on any atom is 0.325 e. The van der Waals surface area contributed by atoms with Gasteiger partial charge in [0.2, 0.25) is 11.1 Å². The molecule has 162 valence electrons. The van der Waals surface area contributed by atoms with Crippen LogP contribution in [-0.2, 0) is 11.4 Å². The molecule has 0 spiro atoms. The van der Waals surface area contributed by atoms with Crippen LogP contribution in [0, 0.1) is 19.7 Å². The third kappa shape index (κ3) is 5.72. The predicted molar refractivity (Wildman–Crippen MR) is 115 cm³/mol. The minimum absolute atomic E-state index is 0.0638. The number of amides is 3. The molecular weight excluding hydrogens is 423 g/mol. The molecule has 1 heterocycles. The maximum absolute atomic E-state index is 13.6. The smallest absolute Gasteiger partial charge is 0.325 e. The Hall–Kier alpha value is -3.60. The van der Waals surface area contributed by atoms with Crippen LogP contribution in [0.5, 0.6) is 5.75 Å². The first-order valence-electron chi connectivity index (χ1n) is 9.21. The van der Waals surface area contributed by atoms with Crippen molar-refractivity contribution in [2.45, 2.75) is 25.6 Å². The third-order valence-corrected chi connectivity index (χ3v) is 5.31. The van der Waals surface area contributed by atoms with E-state index < -0.39 is 17.8 Å². The number of urea groups is 1. The summed E-state index contributed by atoms with van der Waals surface area (Å²) in [4.78, 5) is 24.1. The fourth-order valence-corrected chi connectivity index (χ4v) is 3.22. The topological polar surface area (TPSA) is 124 Å². The Balaban J connectivity index is 1.49. The lowest BCUT2D eigenvalue weighted by Gasteiger charge is -2.10. The van der Waals surface area contributed by atoms with Crippen LogP contribution in [0.25, 0.3) is 0 Å². The van der Waals surface area contributed by atoms with E-state index in [1.807, 2.05) is 26.0 Å². The lowest BCUT2D eigenvalue weighted by atomic mass is 10.1. The van der Waals surface area contributed by atoms with E-state index in [-0.39, 0.29) is 29.1 Å². The average molecular weight is 444 g/mol. The van der Waals surface area contributed by atoms with E-state index in [9.17, 15) is 14.0 Å². The molecule has 0 saturated heterocycles. The quantitative estimate of drug-likeness (QED) is 0.378. The molecule has 3 aromatic rings. The molecule has 31 heavy (non-hydrogen) atoms. The van der Waals surface area contributed by atoms with Crippen molar-refractivity contribution < 1.29 is 18.7 Å². The summed E-state index contributed by atoms with van der Waals surface area (Å²) in [6, 6.07) is 10.8. The molecule has 0 saturated carbocycles. The second-order valence-corrected chi connectivity index (χ2v) is 7.47. The van der Waals surface area contributed by atoms with Gasteiger partial charge in [0, 0.05) is 5.69 Å². The summed E-state index contributed by atoms with van der Waals surface area (Å²) in [5.74, 6) is 5.09. The highest BCUT2D eigenvalue weighted by Gasteiger charge is 2.15. The molecule has 0 radical (unpaired) electrons. The maximum atomic E-state index is 13.6. The van der Waals surface area contributed by atoms with Gasteiger partial charge in [0.05, 0.1) is 5.75 Å². The molecule has 0 aliphatic heterocycles. The zero-order valence-corrected chi connectivity index (χ0v) is 17.7. The van der Waals surface area contributed by atoms with Crippen molar-refractivity contribution in [2.75, 3.05) is 16.9 Å². The number of aryl methyl sites for hydroxylation is 1. The van der Waals surface area contributed by atoms with Crippen molar-refractivity contribution >= 4 is 29.4 Å². The first kappa shape index (κ1) is 22.1. The minimum Gasteiger partial charge on any atom is -0.482 e. The SMILES string of the molecule is Cc1cccc(NC(=O)NC(=O)CSc2nnc(COc3ccccc3F)n2N)c1C. The number of benzene rings is 2. The zero-order chi connectivity index (χ0) is 22.4. The molecule has 0 unspecified atom stereocenters. The molecule has 0 aliphatic carbocycles. The summed E-state index contributed by atoms with van der Waals surface area (Å²) in [5, 5.41) is 12.9. The highest BCUT2D eigenvalue weighted by Crippen LogP contribution is 2.19. The molecule has 3 rings (SSSR count).